The van der Waals surface area contributed by atoms with Gasteiger partial charge in [-0.05, 0) is 24.3 Å². The third-order valence-corrected chi connectivity index (χ3v) is 2.97. The first-order valence-electron chi connectivity index (χ1n) is 6.47. The van der Waals surface area contributed by atoms with E-state index >= 15 is 0 Å². The zero-order valence-electron chi connectivity index (χ0n) is 11.3. The normalized spacial score (nSPS) is 22.1. The summed E-state index contributed by atoms with van der Waals surface area (Å²) in [7, 11) is 0. The first-order valence-corrected chi connectivity index (χ1v) is 6.47. The molecule has 1 aromatic carbocycles. The van der Waals surface area contributed by atoms with Crippen LogP contribution in [0.5, 0.6) is 11.5 Å². The molecule has 0 aromatic heterocycles. The number of ether oxygens (including phenoxy) is 3. The van der Waals surface area contributed by atoms with Crippen LogP contribution in [0.1, 0.15) is 6.42 Å². The Bertz CT molecular complexity index is 466. The number of benzene rings is 1. The molecule has 1 aliphatic rings. The largest absolute Gasteiger partial charge is 0.573 e. The molecule has 0 spiro atoms. The van der Waals surface area contributed by atoms with Crippen LogP contribution >= 0.6 is 0 Å². The maximum Gasteiger partial charge on any atom is 0.573 e. The van der Waals surface area contributed by atoms with Gasteiger partial charge >= 0.3 is 13.0 Å². The van der Waals surface area contributed by atoms with Crippen LogP contribution < -0.4 is 14.8 Å². The molecule has 0 amide bonds. The third kappa shape index (κ3) is 5.64. The Morgan fingerprint density at radius 3 is 2.36 bits per heavy atom. The second-order valence-electron chi connectivity index (χ2n) is 4.69. The lowest BCUT2D eigenvalue weighted by molar-refractivity contribution is -0.274. The van der Waals surface area contributed by atoms with E-state index in [1.165, 1.54) is 12.1 Å². The third-order valence-electron chi connectivity index (χ3n) is 2.97. The molecule has 22 heavy (non-hydrogen) atoms. The standard InChI is InChI=1S/C13H14F5NO3/c14-12(15)20-7-8-5-11(6-19-8)21-9-1-3-10(4-2-9)22-13(16,17)18/h1-4,8,11-12,19H,5-7H2/t8-,11-/m0/s1. The first kappa shape index (κ1) is 16.8. The van der Waals surface area contributed by atoms with Gasteiger partial charge in [-0.1, -0.05) is 0 Å². The Kier molecular flexibility index (Phi) is 5.41. The average molecular weight is 327 g/mol. The summed E-state index contributed by atoms with van der Waals surface area (Å²) in [5.41, 5.74) is 0. The van der Waals surface area contributed by atoms with Gasteiger partial charge in [-0.3, -0.25) is 0 Å². The van der Waals surface area contributed by atoms with E-state index in [4.69, 9.17) is 4.74 Å². The molecule has 0 bridgehead atoms. The highest BCUT2D eigenvalue weighted by atomic mass is 19.4. The summed E-state index contributed by atoms with van der Waals surface area (Å²) in [6.07, 6.45) is -4.54. The molecule has 1 aromatic rings. The minimum Gasteiger partial charge on any atom is -0.489 e. The van der Waals surface area contributed by atoms with Crippen LogP contribution in [-0.2, 0) is 4.74 Å². The molecular formula is C13H14F5NO3. The van der Waals surface area contributed by atoms with Crippen LogP contribution in [0.4, 0.5) is 22.0 Å². The number of rotatable bonds is 6. The summed E-state index contributed by atoms with van der Waals surface area (Å²) in [5, 5.41) is 2.97. The van der Waals surface area contributed by atoms with Crippen molar-refractivity contribution in [2.45, 2.75) is 31.5 Å². The fourth-order valence-corrected chi connectivity index (χ4v) is 2.10. The molecule has 1 fully saturated rings. The molecule has 0 aliphatic carbocycles. The lowest BCUT2D eigenvalue weighted by atomic mass is 10.2. The molecule has 1 heterocycles. The number of halogens is 5. The fraction of sp³-hybridized carbons (Fsp3) is 0.538. The topological polar surface area (TPSA) is 39.7 Å². The van der Waals surface area contributed by atoms with E-state index in [9.17, 15) is 22.0 Å². The van der Waals surface area contributed by atoms with Gasteiger partial charge in [0.05, 0.1) is 6.61 Å². The summed E-state index contributed by atoms with van der Waals surface area (Å²) in [6.45, 7) is -2.50. The molecule has 2 rings (SSSR count). The highest BCUT2D eigenvalue weighted by Gasteiger charge is 2.31. The predicted molar refractivity (Wildman–Crippen MR) is 65.9 cm³/mol. The highest BCUT2D eigenvalue weighted by molar-refractivity contribution is 5.31. The van der Waals surface area contributed by atoms with Crippen molar-refractivity contribution < 1.29 is 36.2 Å². The Morgan fingerprint density at radius 2 is 1.77 bits per heavy atom. The summed E-state index contributed by atoms with van der Waals surface area (Å²) < 4.78 is 73.4. The van der Waals surface area contributed by atoms with Crippen LogP contribution in [-0.4, -0.2) is 38.3 Å². The van der Waals surface area contributed by atoms with Gasteiger partial charge in [-0.2, -0.15) is 8.78 Å². The quantitative estimate of drug-likeness (QED) is 0.816. The molecule has 1 aliphatic heterocycles. The van der Waals surface area contributed by atoms with Gasteiger partial charge in [0.2, 0.25) is 0 Å². The average Bonchev–Trinajstić information content (AvgIpc) is 2.85. The maximum absolute atomic E-state index is 12.0. The van der Waals surface area contributed by atoms with Crippen molar-refractivity contribution >= 4 is 0 Å². The van der Waals surface area contributed by atoms with Crippen LogP contribution in [0, 0.1) is 0 Å². The Hall–Kier alpha value is -1.61. The highest BCUT2D eigenvalue weighted by Crippen LogP contribution is 2.26. The van der Waals surface area contributed by atoms with E-state index in [0.717, 1.165) is 12.1 Å². The Labute approximate surface area is 123 Å². The second-order valence-corrected chi connectivity index (χ2v) is 4.69. The van der Waals surface area contributed by atoms with Gasteiger partial charge in [-0.25, -0.2) is 0 Å². The molecule has 2 atom stereocenters. The molecule has 1 N–H and O–H groups in total. The second kappa shape index (κ2) is 7.10. The van der Waals surface area contributed by atoms with Crippen molar-refractivity contribution in [1.29, 1.82) is 0 Å². The zero-order chi connectivity index (χ0) is 16.2. The smallest absolute Gasteiger partial charge is 0.489 e. The minimum atomic E-state index is -4.74. The van der Waals surface area contributed by atoms with Crippen molar-refractivity contribution in [3.8, 4) is 11.5 Å². The number of alkyl halides is 5. The predicted octanol–water partition coefficient (Wildman–Crippen LogP) is 2.93. The van der Waals surface area contributed by atoms with Gasteiger partial charge in [0, 0.05) is 19.0 Å². The summed E-state index contributed by atoms with van der Waals surface area (Å²) in [5.74, 6) is 0.0318. The Morgan fingerprint density at radius 1 is 1.14 bits per heavy atom. The van der Waals surface area contributed by atoms with Gasteiger partial charge in [0.15, 0.2) is 0 Å². The number of nitrogens with one attached hydrogen (secondary N) is 1. The van der Waals surface area contributed by atoms with Crippen molar-refractivity contribution in [3.05, 3.63) is 24.3 Å². The van der Waals surface area contributed by atoms with Gasteiger partial charge < -0.3 is 19.5 Å². The van der Waals surface area contributed by atoms with Crippen molar-refractivity contribution in [3.63, 3.8) is 0 Å². The number of hydrogen-bond donors (Lipinski definition) is 1. The minimum absolute atomic E-state index is 0.129. The molecule has 124 valence electrons. The lowest BCUT2D eigenvalue weighted by Gasteiger charge is -2.14. The maximum atomic E-state index is 12.0. The van der Waals surface area contributed by atoms with E-state index in [0.29, 0.717) is 18.7 Å². The van der Waals surface area contributed by atoms with E-state index in [1.54, 1.807) is 0 Å². The molecule has 4 nitrogen and oxygen atoms in total. The molecule has 1 saturated heterocycles. The SMILES string of the molecule is FC(F)OC[C@@H]1C[C@H](Oc2ccc(OC(F)(F)F)cc2)CN1. The van der Waals surface area contributed by atoms with E-state index in [2.05, 4.69) is 14.8 Å². The van der Waals surface area contributed by atoms with Crippen LogP contribution in [0.3, 0.4) is 0 Å². The van der Waals surface area contributed by atoms with Crippen molar-refractivity contribution in [2.24, 2.45) is 0 Å². The van der Waals surface area contributed by atoms with Gasteiger partial charge in [0.1, 0.15) is 17.6 Å². The monoisotopic (exact) mass is 327 g/mol. The number of hydrogen-bond acceptors (Lipinski definition) is 4. The molecule has 0 saturated carbocycles. The van der Waals surface area contributed by atoms with Gasteiger partial charge in [-0.15, -0.1) is 13.2 Å². The lowest BCUT2D eigenvalue weighted by Crippen LogP contribution is -2.27. The van der Waals surface area contributed by atoms with Crippen molar-refractivity contribution in [2.75, 3.05) is 13.2 Å². The Balaban J connectivity index is 1.79. The molecule has 9 heteroatoms. The van der Waals surface area contributed by atoms with Crippen molar-refractivity contribution in [1.82, 2.24) is 5.32 Å². The zero-order valence-corrected chi connectivity index (χ0v) is 11.3. The fourth-order valence-electron chi connectivity index (χ4n) is 2.10. The molecular weight excluding hydrogens is 313 g/mol. The van der Waals surface area contributed by atoms with E-state index in [1.807, 2.05) is 0 Å². The molecule has 0 unspecified atom stereocenters. The van der Waals surface area contributed by atoms with E-state index < -0.39 is 13.0 Å². The first-order chi connectivity index (χ1) is 10.3. The summed E-state index contributed by atoms with van der Waals surface area (Å²) in [4.78, 5) is 0. The van der Waals surface area contributed by atoms with E-state index in [-0.39, 0.29) is 24.5 Å². The summed E-state index contributed by atoms with van der Waals surface area (Å²) in [6, 6.07) is 4.74. The molecule has 0 radical (unpaired) electrons. The van der Waals surface area contributed by atoms with Gasteiger partial charge in [0.25, 0.3) is 0 Å². The van der Waals surface area contributed by atoms with Crippen LogP contribution in [0.15, 0.2) is 24.3 Å². The van der Waals surface area contributed by atoms with Crippen LogP contribution in [0.2, 0.25) is 0 Å². The van der Waals surface area contributed by atoms with Crippen LogP contribution in [0.25, 0.3) is 0 Å². The summed E-state index contributed by atoms with van der Waals surface area (Å²) >= 11 is 0.